The topological polar surface area (TPSA) is 17.1 Å². The van der Waals surface area contributed by atoms with Gasteiger partial charge in [0.1, 0.15) is 5.78 Å². The zero-order valence-electron chi connectivity index (χ0n) is 10.7. The Labute approximate surface area is 117 Å². The van der Waals surface area contributed by atoms with Gasteiger partial charge in [0.2, 0.25) is 0 Å². The van der Waals surface area contributed by atoms with Crippen LogP contribution in [0.2, 0.25) is 0 Å². The first-order valence-electron chi connectivity index (χ1n) is 6.96. The highest BCUT2D eigenvalue weighted by Gasteiger charge is 2.56. The number of ketones is 1. The standard InChI is InChI=1S/C17H16OS/c18-15(9-11-7-8-19-10-11)17-14-6-5-12-3-1-2-4-13(12)16(14)17/h1-4,7-8,10,14,16-17H,5-6,9H2. The molecule has 0 bridgehead atoms. The summed E-state index contributed by atoms with van der Waals surface area (Å²) in [5, 5.41) is 4.15. The third kappa shape index (κ3) is 1.86. The van der Waals surface area contributed by atoms with Crippen molar-refractivity contribution in [2.45, 2.75) is 25.2 Å². The molecule has 0 amide bonds. The normalized spacial score (nSPS) is 27.5. The van der Waals surface area contributed by atoms with Gasteiger partial charge in [-0.2, -0.15) is 11.3 Å². The summed E-state index contributed by atoms with van der Waals surface area (Å²) >= 11 is 1.68. The van der Waals surface area contributed by atoms with E-state index in [-0.39, 0.29) is 0 Å². The number of Topliss-reactive ketones (excluding diaryl/α,β-unsaturated/α-hetero) is 1. The minimum Gasteiger partial charge on any atom is -0.299 e. The Balaban J connectivity index is 1.55. The molecule has 1 saturated carbocycles. The maximum atomic E-state index is 12.5. The predicted molar refractivity (Wildman–Crippen MR) is 77.5 cm³/mol. The second kappa shape index (κ2) is 4.31. The van der Waals surface area contributed by atoms with Gasteiger partial charge in [0.15, 0.2) is 0 Å². The number of carbonyl (C=O) groups is 1. The Morgan fingerprint density at radius 1 is 1.26 bits per heavy atom. The zero-order valence-corrected chi connectivity index (χ0v) is 11.5. The Kier molecular flexibility index (Phi) is 2.59. The van der Waals surface area contributed by atoms with Crippen LogP contribution >= 0.6 is 11.3 Å². The van der Waals surface area contributed by atoms with Crippen LogP contribution in [0.25, 0.3) is 0 Å². The van der Waals surface area contributed by atoms with Crippen LogP contribution in [0.15, 0.2) is 41.1 Å². The monoisotopic (exact) mass is 268 g/mol. The van der Waals surface area contributed by atoms with Crippen molar-refractivity contribution in [3.63, 3.8) is 0 Å². The van der Waals surface area contributed by atoms with Gasteiger partial charge in [0.25, 0.3) is 0 Å². The van der Waals surface area contributed by atoms with Gasteiger partial charge in [-0.3, -0.25) is 4.79 Å². The minimum atomic E-state index is 0.295. The van der Waals surface area contributed by atoms with E-state index < -0.39 is 0 Å². The number of hydrogen-bond donors (Lipinski definition) is 0. The molecule has 1 nitrogen and oxygen atoms in total. The number of benzene rings is 1. The fraction of sp³-hybridized carbons (Fsp3) is 0.353. The maximum absolute atomic E-state index is 12.5. The SMILES string of the molecule is O=C(Cc1ccsc1)C1C2CCc3ccccc3C21. The largest absolute Gasteiger partial charge is 0.299 e. The molecule has 1 fully saturated rings. The van der Waals surface area contributed by atoms with Crippen molar-refractivity contribution in [2.75, 3.05) is 0 Å². The summed E-state index contributed by atoms with van der Waals surface area (Å²) in [6.45, 7) is 0. The summed E-state index contributed by atoms with van der Waals surface area (Å²) in [7, 11) is 0. The third-order valence-electron chi connectivity index (χ3n) is 4.66. The van der Waals surface area contributed by atoms with Gasteiger partial charge in [-0.05, 0) is 58.2 Å². The molecule has 2 heteroatoms. The quantitative estimate of drug-likeness (QED) is 0.826. The molecule has 1 aromatic heterocycles. The lowest BCUT2D eigenvalue weighted by molar-refractivity contribution is -0.120. The molecule has 4 rings (SSSR count). The summed E-state index contributed by atoms with van der Waals surface area (Å²) < 4.78 is 0. The Morgan fingerprint density at radius 2 is 2.16 bits per heavy atom. The van der Waals surface area contributed by atoms with Crippen molar-refractivity contribution in [1.82, 2.24) is 0 Å². The summed E-state index contributed by atoms with van der Waals surface area (Å²) in [6.07, 6.45) is 2.98. The Hall–Kier alpha value is -1.41. The van der Waals surface area contributed by atoms with Crippen molar-refractivity contribution in [3.8, 4) is 0 Å². The highest BCUT2D eigenvalue weighted by atomic mass is 32.1. The lowest BCUT2D eigenvalue weighted by atomic mass is 9.92. The second-order valence-corrected chi connectivity index (χ2v) is 6.51. The molecule has 0 saturated heterocycles. The summed E-state index contributed by atoms with van der Waals surface area (Å²) in [5.41, 5.74) is 4.10. The van der Waals surface area contributed by atoms with Crippen LogP contribution in [0, 0.1) is 11.8 Å². The fourth-order valence-corrected chi connectivity index (χ4v) is 4.39. The van der Waals surface area contributed by atoms with Gasteiger partial charge < -0.3 is 0 Å². The lowest BCUT2D eigenvalue weighted by Gasteiger charge is -2.13. The molecule has 0 N–H and O–H groups in total. The zero-order chi connectivity index (χ0) is 12.8. The van der Waals surface area contributed by atoms with Crippen LogP contribution in [0.5, 0.6) is 0 Å². The van der Waals surface area contributed by atoms with Gasteiger partial charge in [-0.1, -0.05) is 24.3 Å². The summed E-state index contributed by atoms with van der Waals surface area (Å²) in [5.74, 6) is 1.89. The lowest BCUT2D eigenvalue weighted by Crippen LogP contribution is -2.06. The molecular formula is C17H16OS. The number of carbonyl (C=O) groups excluding carboxylic acids is 1. The van der Waals surface area contributed by atoms with Crippen molar-refractivity contribution >= 4 is 17.1 Å². The molecule has 1 aromatic carbocycles. The number of hydrogen-bond acceptors (Lipinski definition) is 2. The van der Waals surface area contributed by atoms with Gasteiger partial charge in [-0.15, -0.1) is 0 Å². The minimum absolute atomic E-state index is 0.295. The van der Waals surface area contributed by atoms with Crippen molar-refractivity contribution in [1.29, 1.82) is 0 Å². The summed E-state index contributed by atoms with van der Waals surface area (Å²) in [6, 6.07) is 10.8. The third-order valence-corrected chi connectivity index (χ3v) is 5.39. The first-order chi connectivity index (χ1) is 9.34. The molecule has 96 valence electrons. The molecule has 0 spiro atoms. The van der Waals surface area contributed by atoms with E-state index in [1.807, 2.05) is 0 Å². The molecule has 2 aromatic rings. The Bertz CT molecular complexity index is 614. The van der Waals surface area contributed by atoms with Crippen LogP contribution in [0.3, 0.4) is 0 Å². The van der Waals surface area contributed by atoms with Crippen LogP contribution in [0.4, 0.5) is 0 Å². The van der Waals surface area contributed by atoms with Gasteiger partial charge in [-0.25, -0.2) is 0 Å². The number of fused-ring (bicyclic) bond motifs is 3. The van der Waals surface area contributed by atoms with Crippen LogP contribution in [0.1, 0.15) is 29.0 Å². The van der Waals surface area contributed by atoms with E-state index in [4.69, 9.17) is 0 Å². The van der Waals surface area contributed by atoms with Crippen molar-refractivity contribution in [2.24, 2.45) is 11.8 Å². The predicted octanol–water partition coefficient (Wildman–Crippen LogP) is 3.84. The molecular weight excluding hydrogens is 252 g/mol. The first kappa shape index (κ1) is 11.4. The van der Waals surface area contributed by atoms with Crippen LogP contribution in [-0.2, 0) is 17.6 Å². The Morgan fingerprint density at radius 3 is 3.00 bits per heavy atom. The van der Waals surface area contributed by atoms with E-state index in [1.54, 1.807) is 11.3 Å². The molecule has 0 aliphatic heterocycles. The highest BCUT2D eigenvalue weighted by Crippen LogP contribution is 2.60. The molecule has 2 aliphatic rings. The first-order valence-corrected chi connectivity index (χ1v) is 7.90. The average molecular weight is 268 g/mol. The molecule has 19 heavy (non-hydrogen) atoms. The average Bonchev–Trinajstić information content (AvgIpc) is 2.98. The number of thiophene rings is 1. The molecule has 0 radical (unpaired) electrons. The van der Waals surface area contributed by atoms with Crippen molar-refractivity contribution < 1.29 is 4.79 Å². The highest BCUT2D eigenvalue weighted by molar-refractivity contribution is 7.08. The number of rotatable bonds is 3. The van der Waals surface area contributed by atoms with E-state index >= 15 is 0 Å². The van der Waals surface area contributed by atoms with E-state index in [0.29, 0.717) is 30.0 Å². The molecule has 2 aliphatic carbocycles. The van der Waals surface area contributed by atoms with Crippen LogP contribution < -0.4 is 0 Å². The smallest absolute Gasteiger partial charge is 0.141 e. The van der Waals surface area contributed by atoms with Crippen molar-refractivity contribution in [3.05, 3.63) is 57.8 Å². The second-order valence-electron chi connectivity index (χ2n) is 5.73. The van der Waals surface area contributed by atoms with E-state index in [0.717, 1.165) is 6.42 Å². The molecule has 3 unspecified atom stereocenters. The maximum Gasteiger partial charge on any atom is 0.141 e. The van der Waals surface area contributed by atoms with Gasteiger partial charge >= 0.3 is 0 Å². The molecule has 1 heterocycles. The van der Waals surface area contributed by atoms with Gasteiger partial charge in [0.05, 0.1) is 0 Å². The van der Waals surface area contributed by atoms with E-state index in [9.17, 15) is 4.79 Å². The number of aryl methyl sites for hydroxylation is 1. The van der Waals surface area contributed by atoms with Crippen LogP contribution in [-0.4, -0.2) is 5.78 Å². The summed E-state index contributed by atoms with van der Waals surface area (Å²) in [4.78, 5) is 12.5. The van der Waals surface area contributed by atoms with Gasteiger partial charge in [0, 0.05) is 12.3 Å². The fourth-order valence-electron chi connectivity index (χ4n) is 3.72. The van der Waals surface area contributed by atoms with E-state index in [2.05, 4.69) is 41.1 Å². The van der Waals surface area contributed by atoms with E-state index in [1.165, 1.54) is 23.1 Å². The molecule has 3 atom stereocenters.